The summed E-state index contributed by atoms with van der Waals surface area (Å²) in [5.74, 6) is -0.295. The molecule has 88 valence electrons. The van der Waals surface area contributed by atoms with E-state index in [0.717, 1.165) is 0 Å². The van der Waals surface area contributed by atoms with E-state index in [1.54, 1.807) is 13.8 Å². The van der Waals surface area contributed by atoms with Crippen molar-refractivity contribution in [2.45, 2.75) is 52.7 Å². The Morgan fingerprint density at radius 2 is 1.87 bits per heavy atom. The maximum atomic E-state index is 11.8. The van der Waals surface area contributed by atoms with Gasteiger partial charge in [-0.1, -0.05) is 6.08 Å². The fourth-order valence-corrected chi connectivity index (χ4v) is 1.11. The van der Waals surface area contributed by atoms with E-state index in [1.165, 1.54) is 6.08 Å². The monoisotopic (exact) mass is 214 g/mol. The van der Waals surface area contributed by atoms with Crippen molar-refractivity contribution in [1.82, 2.24) is 0 Å². The van der Waals surface area contributed by atoms with Gasteiger partial charge in [0.25, 0.3) is 0 Å². The number of carbonyl (C=O) groups excluding carboxylic acids is 1. The van der Waals surface area contributed by atoms with Crippen molar-refractivity contribution in [2.24, 2.45) is 5.41 Å². The van der Waals surface area contributed by atoms with Crippen LogP contribution in [-0.2, 0) is 9.53 Å². The Morgan fingerprint density at radius 3 is 2.20 bits per heavy atom. The molecule has 0 aliphatic carbocycles. The number of hydrogen-bond donors (Lipinski definition) is 1. The van der Waals surface area contributed by atoms with Gasteiger partial charge in [0.2, 0.25) is 0 Å². The predicted octanol–water partition coefficient (Wildman–Crippen LogP) is 2.29. The second-order valence-corrected chi connectivity index (χ2v) is 5.39. The van der Waals surface area contributed by atoms with Crippen molar-refractivity contribution in [2.75, 3.05) is 0 Å². The number of esters is 1. The summed E-state index contributed by atoms with van der Waals surface area (Å²) in [5.41, 5.74) is -1.19. The van der Waals surface area contributed by atoms with Crippen LogP contribution in [0.4, 0.5) is 0 Å². The van der Waals surface area contributed by atoms with E-state index in [0.29, 0.717) is 6.42 Å². The second-order valence-electron chi connectivity index (χ2n) is 5.39. The lowest BCUT2D eigenvalue weighted by Crippen LogP contribution is -2.35. The van der Waals surface area contributed by atoms with Gasteiger partial charge in [-0.05, 0) is 41.0 Å². The first-order valence-corrected chi connectivity index (χ1v) is 5.12. The van der Waals surface area contributed by atoms with Crippen LogP contribution in [-0.4, -0.2) is 22.8 Å². The zero-order valence-electron chi connectivity index (χ0n) is 10.3. The summed E-state index contributed by atoms with van der Waals surface area (Å²) in [7, 11) is 0. The number of ether oxygens (including phenoxy) is 1. The molecule has 0 rings (SSSR count). The van der Waals surface area contributed by atoms with Crippen LogP contribution in [0.2, 0.25) is 0 Å². The summed E-state index contributed by atoms with van der Waals surface area (Å²) < 4.78 is 5.26. The number of aliphatic hydroxyl groups excluding tert-OH is 1. The molecule has 0 saturated heterocycles. The maximum absolute atomic E-state index is 11.8. The normalized spacial score (nSPS) is 14.5. The smallest absolute Gasteiger partial charge is 0.312 e. The minimum atomic E-state index is -0.694. The third-order valence-electron chi connectivity index (χ3n) is 1.94. The third-order valence-corrected chi connectivity index (χ3v) is 1.94. The molecule has 3 heteroatoms. The van der Waals surface area contributed by atoms with Crippen molar-refractivity contribution in [3.05, 3.63) is 12.7 Å². The molecule has 0 aliphatic heterocycles. The molecule has 0 amide bonds. The summed E-state index contributed by atoms with van der Waals surface area (Å²) in [5, 5.41) is 9.41. The van der Waals surface area contributed by atoms with Crippen LogP contribution in [0.3, 0.4) is 0 Å². The molecule has 0 bridgehead atoms. The molecule has 0 aliphatic rings. The van der Waals surface area contributed by atoms with Crippen LogP contribution >= 0.6 is 0 Å². The predicted molar refractivity (Wildman–Crippen MR) is 60.4 cm³/mol. The summed E-state index contributed by atoms with van der Waals surface area (Å²) in [6.07, 6.45) is 1.07. The minimum Gasteiger partial charge on any atom is -0.460 e. The highest BCUT2D eigenvalue weighted by atomic mass is 16.6. The van der Waals surface area contributed by atoms with Crippen LogP contribution in [0.15, 0.2) is 12.7 Å². The zero-order valence-corrected chi connectivity index (χ0v) is 10.3. The van der Waals surface area contributed by atoms with Crippen molar-refractivity contribution in [1.29, 1.82) is 0 Å². The number of rotatable bonds is 4. The second kappa shape index (κ2) is 4.79. The summed E-state index contributed by atoms with van der Waals surface area (Å²) >= 11 is 0. The summed E-state index contributed by atoms with van der Waals surface area (Å²) in [4.78, 5) is 11.8. The Hall–Kier alpha value is -0.830. The standard InChI is InChI=1S/C12H22O3/c1-7-9(13)8-12(5,6)10(14)15-11(2,3)4/h7,9,13H,1,8H2,2-6H3. The van der Waals surface area contributed by atoms with Gasteiger partial charge in [-0.25, -0.2) is 0 Å². The molecule has 1 atom stereocenters. The van der Waals surface area contributed by atoms with Crippen LogP contribution in [0.1, 0.15) is 41.0 Å². The first kappa shape index (κ1) is 14.2. The lowest BCUT2D eigenvalue weighted by Gasteiger charge is -2.29. The van der Waals surface area contributed by atoms with Gasteiger partial charge in [-0.2, -0.15) is 0 Å². The molecule has 0 fully saturated rings. The maximum Gasteiger partial charge on any atom is 0.312 e. The lowest BCUT2D eigenvalue weighted by atomic mass is 9.86. The highest BCUT2D eigenvalue weighted by Crippen LogP contribution is 2.27. The van der Waals surface area contributed by atoms with Gasteiger partial charge in [0.1, 0.15) is 5.60 Å². The fourth-order valence-electron chi connectivity index (χ4n) is 1.11. The Kier molecular flexibility index (Phi) is 4.53. The minimum absolute atomic E-state index is 0.295. The zero-order chi connectivity index (χ0) is 12.3. The van der Waals surface area contributed by atoms with Crippen molar-refractivity contribution in [3.63, 3.8) is 0 Å². The molecule has 0 heterocycles. The van der Waals surface area contributed by atoms with Crippen LogP contribution in [0.25, 0.3) is 0 Å². The van der Waals surface area contributed by atoms with Gasteiger partial charge < -0.3 is 9.84 Å². The molecule has 0 saturated carbocycles. The fraction of sp³-hybridized carbons (Fsp3) is 0.750. The average molecular weight is 214 g/mol. The molecule has 0 aromatic heterocycles. The van der Waals surface area contributed by atoms with Gasteiger partial charge in [-0.3, -0.25) is 4.79 Å². The van der Waals surface area contributed by atoms with Crippen LogP contribution < -0.4 is 0 Å². The van der Waals surface area contributed by atoms with Gasteiger partial charge >= 0.3 is 5.97 Å². The molecule has 1 unspecified atom stereocenters. The number of hydrogen-bond acceptors (Lipinski definition) is 3. The van der Waals surface area contributed by atoms with E-state index < -0.39 is 17.1 Å². The molecule has 3 nitrogen and oxygen atoms in total. The first-order chi connectivity index (χ1) is 6.58. The Balaban J connectivity index is 4.45. The molecule has 0 radical (unpaired) electrons. The van der Waals surface area contributed by atoms with Crippen molar-refractivity contribution in [3.8, 4) is 0 Å². The van der Waals surface area contributed by atoms with Crippen molar-refractivity contribution >= 4 is 5.97 Å². The largest absolute Gasteiger partial charge is 0.460 e. The Morgan fingerprint density at radius 1 is 1.40 bits per heavy atom. The highest BCUT2D eigenvalue weighted by molar-refractivity contribution is 5.76. The molecule has 0 spiro atoms. The van der Waals surface area contributed by atoms with Crippen LogP contribution in [0, 0.1) is 5.41 Å². The van der Waals surface area contributed by atoms with E-state index in [2.05, 4.69) is 6.58 Å². The van der Waals surface area contributed by atoms with Gasteiger partial charge in [0.15, 0.2) is 0 Å². The molecular weight excluding hydrogens is 192 g/mol. The van der Waals surface area contributed by atoms with Crippen LogP contribution in [0.5, 0.6) is 0 Å². The van der Waals surface area contributed by atoms with E-state index >= 15 is 0 Å². The molecule has 1 N–H and O–H groups in total. The number of aliphatic hydroxyl groups is 1. The Labute approximate surface area is 92.1 Å². The lowest BCUT2D eigenvalue weighted by molar-refractivity contribution is -0.167. The van der Waals surface area contributed by atoms with E-state index in [-0.39, 0.29) is 5.97 Å². The number of carbonyl (C=O) groups is 1. The summed E-state index contributed by atoms with van der Waals surface area (Å²) in [6, 6.07) is 0. The van der Waals surface area contributed by atoms with Gasteiger partial charge in [-0.15, -0.1) is 6.58 Å². The Bertz CT molecular complexity index is 236. The molecule has 0 aromatic carbocycles. The average Bonchev–Trinajstić information content (AvgIpc) is 2.00. The first-order valence-electron chi connectivity index (χ1n) is 5.12. The summed E-state index contributed by atoms with van der Waals surface area (Å²) in [6.45, 7) is 12.5. The topological polar surface area (TPSA) is 46.5 Å². The van der Waals surface area contributed by atoms with Gasteiger partial charge in [0, 0.05) is 0 Å². The highest BCUT2D eigenvalue weighted by Gasteiger charge is 2.33. The molecular formula is C12H22O3. The van der Waals surface area contributed by atoms with Gasteiger partial charge in [0.05, 0.1) is 11.5 Å². The van der Waals surface area contributed by atoms with E-state index in [1.807, 2.05) is 20.8 Å². The van der Waals surface area contributed by atoms with E-state index in [9.17, 15) is 9.90 Å². The SMILES string of the molecule is C=CC(O)CC(C)(C)C(=O)OC(C)(C)C. The quantitative estimate of drug-likeness (QED) is 0.577. The third kappa shape index (κ3) is 5.57. The molecule has 15 heavy (non-hydrogen) atoms. The van der Waals surface area contributed by atoms with Crippen molar-refractivity contribution < 1.29 is 14.6 Å². The molecule has 0 aromatic rings. The van der Waals surface area contributed by atoms with E-state index in [4.69, 9.17) is 4.74 Å².